The number of hydrogen-bond acceptors (Lipinski definition) is 4. The summed E-state index contributed by atoms with van der Waals surface area (Å²) < 4.78 is 14.5. The molecule has 0 saturated carbocycles. The number of nitrogens with zero attached hydrogens (tertiary/aromatic N) is 2. The van der Waals surface area contributed by atoms with Crippen molar-refractivity contribution >= 4 is 29.7 Å². The van der Waals surface area contributed by atoms with E-state index in [1.54, 1.807) is 6.07 Å². The smallest absolute Gasteiger partial charge is 0.242 e. The number of benzene rings is 3. The molecule has 0 atom stereocenters. The fraction of sp³-hybridized carbons (Fsp3) is 0.296. The summed E-state index contributed by atoms with van der Waals surface area (Å²) in [5.41, 5.74) is 4.22. The van der Waals surface area contributed by atoms with Crippen molar-refractivity contribution in [1.29, 1.82) is 0 Å². The van der Waals surface area contributed by atoms with E-state index in [0.717, 1.165) is 46.8 Å². The van der Waals surface area contributed by atoms with Crippen molar-refractivity contribution in [2.75, 3.05) is 45.3 Å². The fourth-order valence-electron chi connectivity index (χ4n) is 5.50. The molecule has 6 heteroatoms. The second-order valence-electron chi connectivity index (χ2n) is 9.79. The molecule has 0 aromatic heterocycles. The molecule has 0 fully saturated rings. The van der Waals surface area contributed by atoms with E-state index in [9.17, 15) is 5.11 Å². The lowest BCUT2D eigenvalue weighted by Crippen LogP contribution is -2.64. The van der Waals surface area contributed by atoms with Gasteiger partial charge in [-0.3, -0.25) is 0 Å². The van der Waals surface area contributed by atoms with Crippen molar-refractivity contribution in [3.63, 3.8) is 0 Å². The number of phenols is 1. The molecule has 0 amide bonds. The summed E-state index contributed by atoms with van der Waals surface area (Å²) in [4.78, 5) is 2.28. The predicted octanol–water partition coefficient (Wildman–Crippen LogP) is 1.12. The van der Waals surface area contributed by atoms with E-state index >= 15 is 0 Å². The third-order valence-electron chi connectivity index (χ3n) is 7.45. The first kappa shape index (κ1) is 20.4. The Morgan fingerprint density at radius 2 is 1.73 bits per heavy atom. The highest BCUT2D eigenvalue weighted by Gasteiger charge is 2.38. The first-order chi connectivity index (χ1) is 15.9. The van der Waals surface area contributed by atoms with E-state index < -0.39 is 8.07 Å². The Morgan fingerprint density at radius 3 is 2.55 bits per heavy atom. The largest absolute Gasteiger partial charge is 0.507 e. The van der Waals surface area contributed by atoms with Crippen LogP contribution >= 0.6 is 0 Å². The molecule has 1 N–H and O–H groups in total. The first-order valence-electron chi connectivity index (χ1n) is 11.6. The van der Waals surface area contributed by atoms with Gasteiger partial charge in [0.05, 0.1) is 12.2 Å². The quantitative estimate of drug-likeness (QED) is 0.439. The molecule has 3 aromatic rings. The van der Waals surface area contributed by atoms with Crippen molar-refractivity contribution < 1.29 is 14.6 Å². The second kappa shape index (κ2) is 7.12. The Bertz CT molecular complexity index is 1440. The van der Waals surface area contributed by atoms with Gasteiger partial charge in [0.25, 0.3) is 0 Å². The molecule has 5 nitrogen and oxygen atoms in total. The van der Waals surface area contributed by atoms with E-state index in [1.165, 1.54) is 21.2 Å². The number of likely N-dealkylation sites (N-methyl/N-ethyl adjacent to an activating group) is 2. The van der Waals surface area contributed by atoms with Gasteiger partial charge in [-0.1, -0.05) is 31.3 Å². The number of fused-ring (bicyclic) bond motifs is 4. The Hall–Kier alpha value is -3.25. The lowest BCUT2D eigenvalue weighted by Gasteiger charge is -2.36. The van der Waals surface area contributed by atoms with Gasteiger partial charge in [-0.05, 0) is 51.0 Å². The molecule has 3 aliphatic heterocycles. The molecule has 0 aliphatic carbocycles. The molecule has 0 bridgehead atoms. The van der Waals surface area contributed by atoms with Gasteiger partial charge in [-0.25, -0.2) is 4.58 Å². The molecular weight excluding hydrogens is 428 g/mol. The molecule has 6 rings (SSSR count). The minimum Gasteiger partial charge on any atom is -0.507 e. The summed E-state index contributed by atoms with van der Waals surface area (Å²) in [6.45, 7) is 7.99. The average molecular weight is 458 g/mol. The maximum absolute atomic E-state index is 10.9. The van der Waals surface area contributed by atoms with Gasteiger partial charge in [0.1, 0.15) is 39.8 Å². The van der Waals surface area contributed by atoms with Crippen LogP contribution in [0, 0.1) is 0 Å². The van der Waals surface area contributed by atoms with E-state index in [1.807, 2.05) is 18.2 Å². The number of anilines is 1. The van der Waals surface area contributed by atoms with Gasteiger partial charge in [-0.2, -0.15) is 0 Å². The van der Waals surface area contributed by atoms with E-state index in [-0.39, 0.29) is 5.75 Å². The summed E-state index contributed by atoms with van der Waals surface area (Å²) in [6, 6.07) is 16.7. The van der Waals surface area contributed by atoms with Crippen LogP contribution in [-0.2, 0) is 0 Å². The molecular formula is C27H29N2O3Si+. The van der Waals surface area contributed by atoms with Crippen LogP contribution in [0.3, 0.4) is 0 Å². The monoisotopic (exact) mass is 457 g/mol. The molecule has 168 valence electrons. The summed E-state index contributed by atoms with van der Waals surface area (Å²) in [7, 11) is 2.20. The van der Waals surface area contributed by atoms with Crippen molar-refractivity contribution in [2.24, 2.45) is 0 Å². The topological polar surface area (TPSA) is 44.9 Å². The van der Waals surface area contributed by atoms with Gasteiger partial charge in [0, 0.05) is 18.7 Å². The number of rotatable bonds is 1. The highest BCUT2D eigenvalue weighted by molar-refractivity contribution is 7.01. The van der Waals surface area contributed by atoms with Gasteiger partial charge in [0.15, 0.2) is 12.3 Å². The lowest BCUT2D eigenvalue weighted by atomic mass is 9.93. The Balaban J connectivity index is 1.80. The lowest BCUT2D eigenvalue weighted by molar-refractivity contribution is 0.281. The van der Waals surface area contributed by atoms with Crippen LogP contribution in [0.5, 0.6) is 17.2 Å². The third kappa shape index (κ3) is 2.93. The maximum atomic E-state index is 10.9. The van der Waals surface area contributed by atoms with Crippen LogP contribution < -0.4 is 39.9 Å². The van der Waals surface area contributed by atoms with Crippen LogP contribution in [-0.4, -0.2) is 53.6 Å². The van der Waals surface area contributed by atoms with Gasteiger partial charge in [0.2, 0.25) is 5.36 Å². The normalized spacial score (nSPS) is 17.9. The van der Waals surface area contributed by atoms with Crippen molar-refractivity contribution in [3.8, 4) is 17.2 Å². The van der Waals surface area contributed by atoms with Crippen LogP contribution in [0.1, 0.15) is 11.1 Å². The molecule has 33 heavy (non-hydrogen) atoms. The Morgan fingerprint density at radius 1 is 0.939 bits per heavy atom. The van der Waals surface area contributed by atoms with Crippen LogP contribution in [0.15, 0.2) is 48.5 Å². The van der Waals surface area contributed by atoms with Crippen molar-refractivity contribution in [3.05, 3.63) is 70.2 Å². The summed E-state index contributed by atoms with van der Waals surface area (Å²) in [6.07, 6.45) is 0. The van der Waals surface area contributed by atoms with E-state index in [2.05, 4.69) is 60.9 Å². The van der Waals surface area contributed by atoms with Gasteiger partial charge >= 0.3 is 0 Å². The van der Waals surface area contributed by atoms with Gasteiger partial charge < -0.3 is 19.5 Å². The zero-order valence-corrected chi connectivity index (χ0v) is 20.6. The predicted molar refractivity (Wildman–Crippen MR) is 135 cm³/mol. The second-order valence-corrected chi connectivity index (χ2v) is 14.1. The first-order valence-corrected chi connectivity index (χ1v) is 14.6. The van der Waals surface area contributed by atoms with Gasteiger partial charge in [-0.15, -0.1) is 0 Å². The third-order valence-corrected chi connectivity index (χ3v) is 11.0. The summed E-state index contributed by atoms with van der Waals surface area (Å²) >= 11 is 0. The Labute approximate surface area is 194 Å². The SMILES string of the molecule is CN1CCOc2cc3c(cc21)[Si](C)(C)c1cc2c(cc1=C3c1ccccc1O)OCC[N+]=2C. The minimum absolute atomic E-state index is 0.289. The van der Waals surface area contributed by atoms with Crippen LogP contribution in [0.25, 0.3) is 5.57 Å². The molecule has 0 radical (unpaired) electrons. The number of ether oxygens (including phenoxy) is 2. The minimum atomic E-state index is -2.07. The number of phenolic OH excluding ortho intramolecular Hbond substituents is 1. The number of hydrogen-bond donors (Lipinski definition) is 1. The highest BCUT2D eigenvalue weighted by atomic mass is 28.3. The molecule has 0 saturated heterocycles. The zero-order valence-electron chi connectivity index (χ0n) is 19.6. The number of para-hydroxylation sites is 1. The average Bonchev–Trinajstić information content (AvgIpc) is 2.79. The van der Waals surface area contributed by atoms with E-state index in [4.69, 9.17) is 9.47 Å². The standard InChI is InChI=1S/C27H28N2O3Si/c1-28-9-11-31-23-13-18-25(15-20(23)28)33(3,4)26-16-21-24(32-12-10-29(21)2)14-19(26)27(18)17-7-5-6-8-22(17)30/h5-8,13-16H,9-12H2,1-4H3/p+1. The summed E-state index contributed by atoms with van der Waals surface area (Å²) in [5.74, 6) is 2.12. The van der Waals surface area contributed by atoms with Crippen LogP contribution in [0.4, 0.5) is 5.69 Å². The molecule has 3 heterocycles. The fourth-order valence-corrected chi connectivity index (χ4v) is 8.53. The summed E-state index contributed by atoms with van der Waals surface area (Å²) in [5, 5.41) is 16.0. The molecule has 3 aliphatic rings. The molecule has 3 aromatic carbocycles. The molecule has 0 unspecified atom stereocenters. The van der Waals surface area contributed by atoms with E-state index in [0.29, 0.717) is 13.2 Å². The van der Waals surface area contributed by atoms with Crippen molar-refractivity contribution in [2.45, 2.75) is 13.1 Å². The maximum Gasteiger partial charge on any atom is 0.242 e. The van der Waals surface area contributed by atoms with Crippen molar-refractivity contribution in [1.82, 2.24) is 4.58 Å². The molecule has 0 spiro atoms. The zero-order chi connectivity index (χ0) is 22.9. The number of aromatic hydroxyl groups is 1. The van der Waals surface area contributed by atoms with Crippen LogP contribution in [0.2, 0.25) is 13.1 Å². The Kier molecular flexibility index (Phi) is 4.39. The highest BCUT2D eigenvalue weighted by Crippen LogP contribution is 2.37.